The average Bonchev–Trinajstić information content (AvgIpc) is 2.29. The van der Waals surface area contributed by atoms with Gasteiger partial charge in [-0.05, 0) is 33.0 Å². The van der Waals surface area contributed by atoms with E-state index in [1.54, 1.807) is 0 Å². The van der Waals surface area contributed by atoms with Gasteiger partial charge in [-0.2, -0.15) is 0 Å². The topological polar surface area (TPSA) is 29.3 Å². The molecule has 2 unspecified atom stereocenters. The number of nitrogens with two attached hydrogens (primary N) is 1. The molecule has 0 spiro atoms. The van der Waals surface area contributed by atoms with Gasteiger partial charge in [-0.15, -0.1) is 6.58 Å². The minimum Gasteiger partial charge on any atom is -0.320 e. The summed E-state index contributed by atoms with van der Waals surface area (Å²) >= 11 is 0. The summed E-state index contributed by atoms with van der Waals surface area (Å²) in [5.74, 6) is 0. The first-order valence-corrected chi connectivity index (χ1v) is 5.64. The van der Waals surface area contributed by atoms with Crippen molar-refractivity contribution in [3.63, 3.8) is 0 Å². The van der Waals surface area contributed by atoms with E-state index >= 15 is 0 Å². The van der Waals surface area contributed by atoms with Crippen molar-refractivity contribution in [3.05, 3.63) is 48.6 Å². The van der Waals surface area contributed by atoms with Gasteiger partial charge in [0.05, 0.1) is 5.54 Å². The van der Waals surface area contributed by atoms with Gasteiger partial charge in [0.15, 0.2) is 0 Å². The first-order chi connectivity index (χ1) is 7.52. The van der Waals surface area contributed by atoms with Gasteiger partial charge in [-0.3, -0.25) is 0 Å². The lowest BCUT2D eigenvalue weighted by Crippen LogP contribution is -2.52. The van der Waals surface area contributed by atoms with Crippen molar-refractivity contribution in [3.8, 4) is 0 Å². The Kier molecular flexibility index (Phi) is 4.27. The second-order valence-electron chi connectivity index (χ2n) is 4.54. The molecule has 0 aliphatic rings. The molecule has 0 aliphatic heterocycles. The molecule has 2 nitrogen and oxygen atoms in total. The Balaban J connectivity index is 3.10. The molecule has 0 radical (unpaired) electrons. The summed E-state index contributed by atoms with van der Waals surface area (Å²) in [7, 11) is 4.11. The summed E-state index contributed by atoms with van der Waals surface area (Å²) in [6, 6.07) is 10.5. The van der Waals surface area contributed by atoms with Gasteiger partial charge in [0, 0.05) is 6.04 Å². The smallest absolute Gasteiger partial charge is 0.0599 e. The van der Waals surface area contributed by atoms with Crippen LogP contribution in [0.25, 0.3) is 0 Å². The van der Waals surface area contributed by atoms with Gasteiger partial charge in [0.25, 0.3) is 0 Å². The van der Waals surface area contributed by atoms with Crippen LogP contribution < -0.4 is 5.73 Å². The summed E-state index contributed by atoms with van der Waals surface area (Å²) < 4.78 is 0. The zero-order valence-electron chi connectivity index (χ0n) is 10.5. The molecule has 0 saturated heterocycles. The van der Waals surface area contributed by atoms with E-state index in [2.05, 4.69) is 44.6 Å². The molecule has 16 heavy (non-hydrogen) atoms. The summed E-state index contributed by atoms with van der Waals surface area (Å²) in [6.45, 7) is 5.96. The number of likely N-dealkylation sites (N-methyl/N-ethyl adjacent to an activating group) is 1. The van der Waals surface area contributed by atoms with Crippen LogP contribution in [0, 0.1) is 0 Å². The summed E-state index contributed by atoms with van der Waals surface area (Å²) in [5.41, 5.74) is 7.36. The lowest BCUT2D eigenvalue weighted by Gasteiger charge is -2.39. The Labute approximate surface area is 98.8 Å². The van der Waals surface area contributed by atoms with E-state index < -0.39 is 0 Å². The van der Waals surface area contributed by atoms with Crippen LogP contribution in [-0.2, 0) is 5.54 Å². The zero-order valence-corrected chi connectivity index (χ0v) is 10.5. The highest BCUT2D eigenvalue weighted by Crippen LogP contribution is 2.28. The van der Waals surface area contributed by atoms with Gasteiger partial charge < -0.3 is 10.6 Å². The molecule has 1 rings (SSSR count). The van der Waals surface area contributed by atoms with Gasteiger partial charge >= 0.3 is 0 Å². The van der Waals surface area contributed by atoms with E-state index in [0.717, 1.165) is 12.0 Å². The van der Waals surface area contributed by atoms with Gasteiger partial charge in [-0.25, -0.2) is 0 Å². The van der Waals surface area contributed by atoms with E-state index in [9.17, 15) is 0 Å². The molecule has 2 heteroatoms. The van der Waals surface area contributed by atoms with Gasteiger partial charge in [0.2, 0.25) is 0 Å². The Morgan fingerprint density at radius 3 is 2.38 bits per heavy atom. The second-order valence-corrected chi connectivity index (χ2v) is 4.54. The van der Waals surface area contributed by atoms with Crippen molar-refractivity contribution in [2.45, 2.75) is 24.9 Å². The summed E-state index contributed by atoms with van der Waals surface area (Å²) in [5, 5.41) is 0. The Morgan fingerprint density at radius 1 is 1.38 bits per heavy atom. The van der Waals surface area contributed by atoms with Crippen molar-refractivity contribution in [1.82, 2.24) is 4.90 Å². The molecular formula is C14H22N2. The molecule has 2 atom stereocenters. The lowest BCUT2D eigenvalue weighted by atomic mass is 9.81. The number of hydrogen-bond donors (Lipinski definition) is 1. The first-order valence-electron chi connectivity index (χ1n) is 5.64. The number of hydrogen-bond acceptors (Lipinski definition) is 2. The highest BCUT2D eigenvalue weighted by Gasteiger charge is 2.33. The third kappa shape index (κ3) is 2.52. The van der Waals surface area contributed by atoms with E-state index in [-0.39, 0.29) is 11.6 Å². The van der Waals surface area contributed by atoms with Crippen LogP contribution in [-0.4, -0.2) is 25.0 Å². The van der Waals surface area contributed by atoms with Crippen molar-refractivity contribution in [2.24, 2.45) is 5.73 Å². The van der Waals surface area contributed by atoms with Crippen LogP contribution in [0.15, 0.2) is 43.0 Å². The average molecular weight is 218 g/mol. The summed E-state index contributed by atoms with van der Waals surface area (Å²) in [4.78, 5) is 2.15. The highest BCUT2D eigenvalue weighted by atomic mass is 15.1. The molecule has 0 fully saturated rings. The fraction of sp³-hybridized carbons (Fsp3) is 0.429. The van der Waals surface area contributed by atoms with E-state index in [4.69, 9.17) is 5.73 Å². The van der Waals surface area contributed by atoms with Gasteiger partial charge in [-0.1, -0.05) is 36.4 Å². The van der Waals surface area contributed by atoms with Gasteiger partial charge in [0.1, 0.15) is 0 Å². The lowest BCUT2D eigenvalue weighted by molar-refractivity contribution is 0.193. The van der Waals surface area contributed by atoms with Crippen LogP contribution in [0.1, 0.15) is 18.9 Å². The molecule has 0 aromatic heterocycles. The number of nitrogens with zero attached hydrogens (tertiary/aromatic N) is 1. The van der Waals surface area contributed by atoms with Crippen LogP contribution in [0.4, 0.5) is 0 Å². The van der Waals surface area contributed by atoms with E-state index in [1.807, 2.05) is 24.3 Å². The minimum absolute atomic E-state index is 0.257. The van der Waals surface area contributed by atoms with Crippen molar-refractivity contribution >= 4 is 0 Å². The fourth-order valence-corrected chi connectivity index (χ4v) is 1.98. The second kappa shape index (κ2) is 5.28. The molecule has 1 aromatic carbocycles. The molecule has 0 saturated carbocycles. The standard InChI is InChI=1S/C14H22N2/c1-5-11-14(15,12(2)16(3)4)13-9-7-6-8-10-13/h5-10,12H,1,11,15H2,2-4H3. The van der Waals surface area contributed by atoms with Crippen LogP contribution in [0.5, 0.6) is 0 Å². The van der Waals surface area contributed by atoms with Crippen LogP contribution >= 0.6 is 0 Å². The van der Waals surface area contributed by atoms with E-state index in [0.29, 0.717) is 0 Å². The predicted octanol–water partition coefficient (Wildman–Crippen LogP) is 2.37. The molecule has 1 aromatic rings. The Bertz CT molecular complexity index is 332. The maximum absolute atomic E-state index is 6.56. The van der Waals surface area contributed by atoms with Crippen molar-refractivity contribution in [1.29, 1.82) is 0 Å². The quantitative estimate of drug-likeness (QED) is 0.769. The van der Waals surface area contributed by atoms with Crippen molar-refractivity contribution in [2.75, 3.05) is 14.1 Å². The zero-order chi connectivity index (χ0) is 12.2. The minimum atomic E-state index is -0.369. The molecule has 0 aliphatic carbocycles. The first kappa shape index (κ1) is 12.9. The highest BCUT2D eigenvalue weighted by molar-refractivity contribution is 5.27. The SMILES string of the molecule is C=CCC(N)(c1ccccc1)C(C)N(C)C. The normalized spacial score (nSPS) is 16.8. The number of benzene rings is 1. The van der Waals surface area contributed by atoms with Crippen molar-refractivity contribution < 1.29 is 0 Å². The summed E-state index contributed by atoms with van der Waals surface area (Å²) in [6.07, 6.45) is 2.67. The molecule has 0 bridgehead atoms. The molecular weight excluding hydrogens is 196 g/mol. The van der Waals surface area contributed by atoms with Crippen LogP contribution in [0.2, 0.25) is 0 Å². The predicted molar refractivity (Wildman–Crippen MR) is 70.3 cm³/mol. The molecule has 0 heterocycles. The monoisotopic (exact) mass is 218 g/mol. The Morgan fingerprint density at radius 2 is 1.94 bits per heavy atom. The maximum Gasteiger partial charge on any atom is 0.0599 e. The molecule has 2 N–H and O–H groups in total. The van der Waals surface area contributed by atoms with E-state index in [1.165, 1.54) is 0 Å². The fourth-order valence-electron chi connectivity index (χ4n) is 1.98. The molecule has 0 amide bonds. The third-order valence-corrected chi connectivity index (χ3v) is 3.31. The molecule has 88 valence electrons. The largest absolute Gasteiger partial charge is 0.320 e. The van der Waals surface area contributed by atoms with Crippen LogP contribution in [0.3, 0.4) is 0 Å². The third-order valence-electron chi connectivity index (χ3n) is 3.31. The Hall–Kier alpha value is -1.12. The maximum atomic E-state index is 6.56. The number of rotatable bonds is 5.